The van der Waals surface area contributed by atoms with Crippen LogP contribution in [0.15, 0.2) is 47.4 Å². The average molecular weight is 448 g/mol. The van der Waals surface area contributed by atoms with E-state index in [0.29, 0.717) is 22.7 Å². The molecule has 1 heterocycles. The zero-order chi connectivity index (χ0) is 21.9. The number of benzene rings is 2. The summed E-state index contributed by atoms with van der Waals surface area (Å²) in [5.41, 5.74) is 0.829. The largest absolute Gasteiger partial charge is 0.506 e. The van der Waals surface area contributed by atoms with E-state index in [1.165, 1.54) is 36.6 Å². The lowest BCUT2D eigenvalue weighted by Crippen LogP contribution is -2.15. The normalized spacial score (nSPS) is 11.2. The van der Waals surface area contributed by atoms with Crippen LogP contribution in [-0.2, 0) is 16.4 Å². The van der Waals surface area contributed by atoms with Gasteiger partial charge in [-0.25, -0.2) is 13.4 Å². The van der Waals surface area contributed by atoms with E-state index in [9.17, 15) is 18.3 Å². The van der Waals surface area contributed by atoms with Gasteiger partial charge >= 0.3 is 0 Å². The molecule has 1 aromatic heterocycles. The second kappa shape index (κ2) is 8.72. The summed E-state index contributed by atoms with van der Waals surface area (Å²) in [5, 5.41) is 13.5. The van der Waals surface area contributed by atoms with Gasteiger partial charge in [0.05, 0.1) is 34.1 Å². The van der Waals surface area contributed by atoms with Crippen molar-refractivity contribution in [2.45, 2.75) is 25.2 Å². The number of amides is 1. The van der Waals surface area contributed by atoms with Crippen molar-refractivity contribution in [3.63, 3.8) is 0 Å². The molecule has 1 amide bonds. The second-order valence-electron chi connectivity index (χ2n) is 6.31. The van der Waals surface area contributed by atoms with Crippen LogP contribution < -0.4 is 14.8 Å². The highest BCUT2D eigenvalue weighted by atomic mass is 32.2. The number of carbonyl (C=O) groups excluding carboxylic acids is 1. The molecule has 3 aromatic rings. The van der Waals surface area contributed by atoms with Crippen molar-refractivity contribution in [2.24, 2.45) is 0 Å². The summed E-state index contributed by atoms with van der Waals surface area (Å²) < 4.78 is 33.2. The SMILES string of the molecule is CCc1nc(C)c(C(=O)Nc2cc(S(=O)(=O)Nc3ccccc3OC)ccc2O)s1. The minimum atomic E-state index is -4.00. The maximum absolute atomic E-state index is 12.8. The van der Waals surface area contributed by atoms with Crippen LogP contribution >= 0.6 is 11.3 Å². The van der Waals surface area contributed by atoms with Crippen LogP contribution in [0.3, 0.4) is 0 Å². The molecule has 0 bridgehead atoms. The number of aromatic hydroxyl groups is 1. The lowest BCUT2D eigenvalue weighted by atomic mass is 10.2. The molecule has 2 aromatic carbocycles. The van der Waals surface area contributed by atoms with E-state index in [4.69, 9.17) is 4.74 Å². The van der Waals surface area contributed by atoms with E-state index in [1.807, 2.05) is 6.92 Å². The first-order valence-corrected chi connectivity index (χ1v) is 11.3. The average Bonchev–Trinajstić information content (AvgIpc) is 3.10. The van der Waals surface area contributed by atoms with Crippen LogP contribution in [0.5, 0.6) is 11.5 Å². The van der Waals surface area contributed by atoms with Crippen LogP contribution in [0.4, 0.5) is 11.4 Å². The zero-order valence-electron chi connectivity index (χ0n) is 16.6. The summed E-state index contributed by atoms with van der Waals surface area (Å²) in [6, 6.07) is 10.2. The minimum Gasteiger partial charge on any atom is -0.506 e. The number of nitrogens with zero attached hydrogens (tertiary/aromatic N) is 1. The van der Waals surface area contributed by atoms with Crippen LogP contribution in [-0.4, -0.2) is 31.5 Å². The van der Waals surface area contributed by atoms with Crippen molar-refractivity contribution < 1.29 is 23.1 Å². The molecule has 0 aliphatic heterocycles. The lowest BCUT2D eigenvalue weighted by molar-refractivity contribution is 0.102. The Bertz CT molecular complexity index is 1190. The molecule has 0 aliphatic rings. The van der Waals surface area contributed by atoms with Gasteiger partial charge in [0.15, 0.2) is 0 Å². The Morgan fingerprint density at radius 3 is 2.60 bits per heavy atom. The molecule has 3 rings (SSSR count). The van der Waals surface area contributed by atoms with Crippen LogP contribution in [0.1, 0.15) is 27.3 Å². The van der Waals surface area contributed by atoms with Gasteiger partial charge in [0.1, 0.15) is 16.4 Å². The number of aromatic nitrogens is 1. The van der Waals surface area contributed by atoms with Gasteiger partial charge in [0.25, 0.3) is 15.9 Å². The fourth-order valence-electron chi connectivity index (χ4n) is 2.71. The molecule has 0 atom stereocenters. The number of phenolic OH excluding ortho intramolecular Hbond substituents is 1. The maximum Gasteiger partial charge on any atom is 0.267 e. The molecule has 0 unspecified atom stereocenters. The number of thiazole rings is 1. The molecule has 158 valence electrons. The Morgan fingerprint density at radius 1 is 1.20 bits per heavy atom. The number of carbonyl (C=O) groups is 1. The lowest BCUT2D eigenvalue weighted by Gasteiger charge is -2.13. The van der Waals surface area contributed by atoms with E-state index in [-0.39, 0.29) is 22.0 Å². The molecule has 30 heavy (non-hydrogen) atoms. The third-order valence-corrected chi connectivity index (χ3v) is 6.89. The summed E-state index contributed by atoms with van der Waals surface area (Å²) in [4.78, 5) is 17.2. The molecule has 0 saturated heterocycles. The highest BCUT2D eigenvalue weighted by molar-refractivity contribution is 7.92. The summed E-state index contributed by atoms with van der Waals surface area (Å²) in [6.07, 6.45) is 0.701. The highest BCUT2D eigenvalue weighted by Crippen LogP contribution is 2.31. The summed E-state index contributed by atoms with van der Waals surface area (Å²) in [5.74, 6) is -0.356. The first kappa shape index (κ1) is 21.6. The van der Waals surface area contributed by atoms with Crippen molar-refractivity contribution in [3.05, 3.63) is 58.0 Å². The fraction of sp³-hybridized carbons (Fsp3) is 0.200. The quantitative estimate of drug-likeness (QED) is 0.475. The second-order valence-corrected chi connectivity index (χ2v) is 9.08. The molecule has 0 aliphatic carbocycles. The number of nitrogens with one attached hydrogen (secondary N) is 2. The van der Waals surface area contributed by atoms with Gasteiger partial charge in [-0.3, -0.25) is 9.52 Å². The van der Waals surface area contributed by atoms with Crippen molar-refractivity contribution in [1.82, 2.24) is 4.98 Å². The van der Waals surface area contributed by atoms with Gasteiger partial charge in [0.2, 0.25) is 0 Å². The Labute approximate surface area is 178 Å². The number of hydrogen-bond acceptors (Lipinski definition) is 7. The van der Waals surface area contributed by atoms with Gasteiger partial charge < -0.3 is 15.2 Å². The number of anilines is 2. The number of para-hydroxylation sites is 2. The van der Waals surface area contributed by atoms with Gasteiger partial charge in [-0.1, -0.05) is 19.1 Å². The summed E-state index contributed by atoms with van der Waals surface area (Å²) in [7, 11) is -2.56. The van der Waals surface area contributed by atoms with Gasteiger partial charge in [-0.2, -0.15) is 0 Å². The van der Waals surface area contributed by atoms with Gasteiger partial charge in [-0.05, 0) is 43.7 Å². The molecular weight excluding hydrogens is 426 g/mol. The summed E-state index contributed by atoms with van der Waals surface area (Å²) >= 11 is 1.26. The Morgan fingerprint density at radius 2 is 1.93 bits per heavy atom. The van der Waals surface area contributed by atoms with E-state index < -0.39 is 15.9 Å². The molecule has 0 saturated carbocycles. The van der Waals surface area contributed by atoms with E-state index in [2.05, 4.69) is 15.0 Å². The number of methoxy groups -OCH3 is 1. The fourth-order valence-corrected chi connectivity index (χ4v) is 4.70. The van der Waals surface area contributed by atoms with Gasteiger partial charge in [0, 0.05) is 0 Å². The summed E-state index contributed by atoms with van der Waals surface area (Å²) in [6.45, 7) is 3.66. The molecule has 10 heteroatoms. The van der Waals surface area contributed by atoms with Crippen molar-refractivity contribution in [1.29, 1.82) is 0 Å². The number of sulfonamides is 1. The molecule has 0 radical (unpaired) electrons. The van der Waals surface area contributed by atoms with E-state index in [1.54, 1.807) is 31.2 Å². The molecule has 3 N–H and O–H groups in total. The molecule has 0 fully saturated rings. The highest BCUT2D eigenvalue weighted by Gasteiger charge is 2.20. The van der Waals surface area contributed by atoms with E-state index >= 15 is 0 Å². The zero-order valence-corrected chi connectivity index (χ0v) is 18.2. The number of aryl methyl sites for hydroxylation is 2. The monoisotopic (exact) mass is 447 g/mol. The number of phenols is 1. The standard InChI is InChI=1S/C20H21N3O5S2/c1-4-18-21-12(2)19(29-18)20(25)22-15-11-13(9-10-16(15)24)30(26,27)23-14-7-5-6-8-17(14)28-3/h5-11,23-24H,4H2,1-3H3,(H,22,25). The first-order chi connectivity index (χ1) is 14.2. The molecular formula is C20H21N3O5S2. The number of hydrogen-bond donors (Lipinski definition) is 3. The number of rotatable bonds is 7. The van der Waals surface area contributed by atoms with Crippen LogP contribution in [0.2, 0.25) is 0 Å². The molecule has 0 spiro atoms. The smallest absolute Gasteiger partial charge is 0.267 e. The number of ether oxygens (including phenoxy) is 1. The van der Waals surface area contributed by atoms with Gasteiger partial charge in [-0.15, -0.1) is 11.3 Å². The first-order valence-electron chi connectivity index (χ1n) is 9.01. The van der Waals surface area contributed by atoms with Crippen LogP contribution in [0, 0.1) is 6.92 Å². The van der Waals surface area contributed by atoms with Crippen molar-refractivity contribution >= 4 is 38.6 Å². The molecule has 8 nitrogen and oxygen atoms in total. The third-order valence-electron chi connectivity index (χ3n) is 4.23. The van der Waals surface area contributed by atoms with Crippen molar-refractivity contribution in [2.75, 3.05) is 17.1 Å². The Balaban J connectivity index is 1.88. The minimum absolute atomic E-state index is 0.0197. The van der Waals surface area contributed by atoms with Crippen LogP contribution in [0.25, 0.3) is 0 Å². The predicted molar refractivity (Wildman–Crippen MR) is 116 cm³/mol. The Hall–Kier alpha value is -3.11. The topological polar surface area (TPSA) is 118 Å². The Kier molecular flexibility index (Phi) is 6.28. The third kappa shape index (κ3) is 4.55. The van der Waals surface area contributed by atoms with Crippen molar-refractivity contribution in [3.8, 4) is 11.5 Å². The predicted octanol–water partition coefficient (Wildman–Crippen LogP) is 3.78. The maximum atomic E-state index is 12.8. The van der Waals surface area contributed by atoms with E-state index in [0.717, 1.165) is 5.01 Å².